The summed E-state index contributed by atoms with van der Waals surface area (Å²) in [5, 5.41) is 63.9. The summed E-state index contributed by atoms with van der Waals surface area (Å²) < 4.78 is 22.4. The summed E-state index contributed by atoms with van der Waals surface area (Å²) in [7, 11) is 0. The molecule has 56 heavy (non-hydrogen) atoms. The molecule has 3 rings (SSSR count). The van der Waals surface area contributed by atoms with Crippen molar-refractivity contribution in [2.24, 2.45) is 10.8 Å². The van der Waals surface area contributed by atoms with Crippen molar-refractivity contribution in [3.63, 3.8) is 0 Å². The number of carbonyl (C=O) groups is 2. The average Bonchev–Trinajstić information content (AvgIpc) is 3.84. The summed E-state index contributed by atoms with van der Waals surface area (Å²) >= 11 is 0. The van der Waals surface area contributed by atoms with Gasteiger partial charge in [-0.15, -0.1) is 0 Å². The number of allylic oxidation sites excluding steroid dienone is 6. The number of aliphatic hydroxyl groups is 6. The number of cyclic esters (lactones) is 2. The molecule has 0 saturated carbocycles. The van der Waals surface area contributed by atoms with Gasteiger partial charge in [0.25, 0.3) is 0 Å². The Labute approximate surface area is 326 Å². The minimum Gasteiger partial charge on any atom is -0.457 e. The van der Waals surface area contributed by atoms with Gasteiger partial charge >= 0.3 is 11.9 Å². The van der Waals surface area contributed by atoms with Gasteiger partial charge in [0.2, 0.25) is 11.8 Å². The van der Waals surface area contributed by atoms with Crippen LogP contribution in [0.25, 0.3) is 12.2 Å². The number of carbonyl (C=O) groups excluding carboxylic acids is 2. The third-order valence-corrected chi connectivity index (χ3v) is 9.28. The molecule has 304 valence electrons. The van der Waals surface area contributed by atoms with Crippen molar-refractivity contribution in [3.05, 3.63) is 121 Å². The molecule has 2 aromatic rings. The van der Waals surface area contributed by atoms with Crippen molar-refractivity contribution >= 4 is 24.1 Å². The van der Waals surface area contributed by atoms with Crippen LogP contribution in [0.3, 0.4) is 0 Å². The number of hydrogen-bond acceptors (Lipinski definition) is 14. The summed E-state index contributed by atoms with van der Waals surface area (Å²) in [6.45, 7) is 10.4. The lowest BCUT2D eigenvalue weighted by Gasteiger charge is -2.36. The Hall–Kier alpha value is -4.96. The predicted octanol–water partition coefficient (Wildman–Crippen LogP) is 4.83. The van der Waals surface area contributed by atoms with Crippen molar-refractivity contribution in [2.75, 3.05) is 0 Å². The Kier molecular flexibility index (Phi) is 17.3. The van der Waals surface area contributed by atoms with E-state index < -0.39 is 71.6 Å². The molecule has 0 spiro atoms. The Balaban J connectivity index is 1.94. The van der Waals surface area contributed by atoms with Crippen molar-refractivity contribution in [1.82, 2.24) is 9.97 Å². The molecule has 0 aliphatic carbocycles. The highest BCUT2D eigenvalue weighted by Gasteiger charge is 2.39. The van der Waals surface area contributed by atoms with E-state index in [4.69, 9.17) is 18.3 Å². The van der Waals surface area contributed by atoms with Crippen LogP contribution in [0.2, 0.25) is 0 Å². The number of oxazole rings is 2. The first-order chi connectivity index (χ1) is 26.5. The van der Waals surface area contributed by atoms with Crippen LogP contribution in [0.1, 0.15) is 87.1 Å². The lowest BCUT2D eigenvalue weighted by atomic mass is 9.79. The highest BCUT2D eigenvalue weighted by Crippen LogP contribution is 2.33. The Morgan fingerprint density at radius 3 is 1.34 bits per heavy atom. The Bertz CT molecular complexity index is 1680. The second kappa shape index (κ2) is 21.4. The van der Waals surface area contributed by atoms with Crippen LogP contribution >= 0.6 is 0 Å². The maximum Gasteiger partial charge on any atom is 0.360 e. The lowest BCUT2D eigenvalue weighted by Crippen LogP contribution is -2.42. The van der Waals surface area contributed by atoms with Crippen LogP contribution in [0.4, 0.5) is 0 Å². The molecule has 14 nitrogen and oxygen atoms in total. The highest BCUT2D eigenvalue weighted by atomic mass is 16.6. The normalized spacial score (nSPS) is 25.4. The van der Waals surface area contributed by atoms with Crippen LogP contribution in [0.5, 0.6) is 0 Å². The number of hydrogen-bond donors (Lipinski definition) is 6. The molecular weight excluding hydrogens is 724 g/mol. The van der Waals surface area contributed by atoms with E-state index >= 15 is 0 Å². The van der Waals surface area contributed by atoms with E-state index in [0.717, 1.165) is 12.5 Å². The number of aliphatic hydroxyl groups excluding tert-OH is 6. The standard InChI is InChI=1S/C42H54N2O12/c1-7-15-33(49)41(3,4)35-21-13-19-31(47)29(45)17-9-12-24-38-44-28(26-54-38)40(52)56-36(42(5,6)34(50)16-8-2)22-14-20-32(48)30(46)18-10-11-23-37-43-27(25-53-37)39(51)55-35/h7-20,23-26,29-36,45-50H,21-22H2,1-6H3/b15-7+,16-8+,17-9?,18-10?,19-13?,20-14?,23-11?,24-12?. The van der Waals surface area contributed by atoms with Crippen molar-refractivity contribution < 1.29 is 58.5 Å². The predicted molar refractivity (Wildman–Crippen MR) is 209 cm³/mol. The quantitative estimate of drug-likeness (QED) is 0.171. The summed E-state index contributed by atoms with van der Waals surface area (Å²) in [6.07, 6.45) is 16.7. The summed E-state index contributed by atoms with van der Waals surface area (Å²) in [4.78, 5) is 34.7. The van der Waals surface area contributed by atoms with Crippen molar-refractivity contribution in [1.29, 1.82) is 0 Å². The van der Waals surface area contributed by atoms with E-state index in [0.29, 0.717) is 0 Å². The van der Waals surface area contributed by atoms with E-state index in [9.17, 15) is 40.2 Å². The minimum atomic E-state index is -1.34. The van der Waals surface area contributed by atoms with E-state index in [1.54, 1.807) is 65.8 Å². The van der Waals surface area contributed by atoms with Crippen LogP contribution in [0.15, 0.2) is 106 Å². The smallest absolute Gasteiger partial charge is 0.360 e. The third kappa shape index (κ3) is 13.1. The number of esters is 2. The molecule has 0 fully saturated rings. The fourth-order valence-corrected chi connectivity index (χ4v) is 5.31. The number of rotatable bonds is 6. The molecule has 0 saturated heterocycles. The largest absolute Gasteiger partial charge is 0.457 e. The van der Waals surface area contributed by atoms with Crippen molar-refractivity contribution in [3.8, 4) is 0 Å². The first-order valence-electron chi connectivity index (χ1n) is 18.2. The van der Waals surface area contributed by atoms with Crippen LogP contribution in [-0.2, 0) is 9.47 Å². The van der Waals surface area contributed by atoms with Crippen LogP contribution < -0.4 is 0 Å². The summed E-state index contributed by atoms with van der Waals surface area (Å²) in [6, 6.07) is 0. The maximum atomic E-state index is 13.2. The van der Waals surface area contributed by atoms with Gasteiger partial charge in [0, 0.05) is 35.8 Å². The number of ether oxygens (including phenoxy) is 2. The molecule has 6 N–H and O–H groups in total. The zero-order valence-corrected chi connectivity index (χ0v) is 32.5. The molecular formula is C42H54N2O12. The second-order valence-electron chi connectivity index (χ2n) is 14.3. The molecule has 3 heterocycles. The zero-order valence-electron chi connectivity index (χ0n) is 32.5. The molecule has 8 unspecified atom stereocenters. The summed E-state index contributed by atoms with van der Waals surface area (Å²) in [5.41, 5.74) is -2.28. The van der Waals surface area contributed by atoms with Gasteiger partial charge in [-0.2, -0.15) is 0 Å². The third-order valence-electron chi connectivity index (χ3n) is 9.28. The van der Waals surface area contributed by atoms with Gasteiger partial charge in [0.15, 0.2) is 11.4 Å². The molecule has 8 atom stereocenters. The Morgan fingerprint density at radius 1 is 0.625 bits per heavy atom. The zero-order chi connectivity index (χ0) is 41.5. The minimum absolute atomic E-state index is 0.0472. The van der Waals surface area contributed by atoms with Gasteiger partial charge in [0.05, 0.1) is 12.2 Å². The van der Waals surface area contributed by atoms with E-state index in [-0.39, 0.29) is 36.0 Å². The molecule has 2 aromatic heterocycles. The number of aromatic nitrogens is 2. The SMILES string of the molecule is C/C=C/C(O)C(C)(C)C1CC=CC(O)C(O)C=CC=Cc2nc(co2)C(=O)OC(C(C)(C)C(O)/C=C/C)CC=CC(O)C(O)C=CC=Cc2nc(co2)C(=O)O1. The monoisotopic (exact) mass is 778 g/mol. The van der Waals surface area contributed by atoms with Gasteiger partial charge in [-0.05, 0) is 13.8 Å². The number of nitrogens with zero attached hydrogens (tertiary/aromatic N) is 2. The number of fused-ring (bicyclic) bond motifs is 4. The van der Waals surface area contributed by atoms with Crippen LogP contribution in [-0.4, -0.2) is 101 Å². The fourth-order valence-electron chi connectivity index (χ4n) is 5.31. The van der Waals surface area contributed by atoms with E-state index in [2.05, 4.69) is 9.97 Å². The first kappa shape index (κ1) is 45.4. The molecule has 4 bridgehead atoms. The van der Waals surface area contributed by atoms with Crippen molar-refractivity contribution in [2.45, 2.75) is 103 Å². The summed E-state index contributed by atoms with van der Waals surface area (Å²) in [5.74, 6) is -1.55. The van der Waals surface area contributed by atoms with Gasteiger partial charge in [-0.25, -0.2) is 19.6 Å². The molecule has 0 aromatic carbocycles. The topological polar surface area (TPSA) is 226 Å². The molecule has 0 radical (unpaired) electrons. The van der Waals surface area contributed by atoms with Gasteiger partial charge < -0.3 is 48.9 Å². The molecule has 14 heteroatoms. The molecule has 0 amide bonds. The molecule has 1 aliphatic heterocycles. The average molecular weight is 779 g/mol. The molecule has 1 aliphatic rings. The highest BCUT2D eigenvalue weighted by molar-refractivity contribution is 5.87. The van der Waals surface area contributed by atoms with E-state index in [1.807, 2.05) is 0 Å². The lowest BCUT2D eigenvalue weighted by molar-refractivity contribution is -0.0462. The fraction of sp³-hybridized carbons (Fsp3) is 0.429. The Morgan fingerprint density at radius 2 is 0.982 bits per heavy atom. The van der Waals surface area contributed by atoms with Gasteiger partial charge in [0.1, 0.15) is 49.2 Å². The van der Waals surface area contributed by atoms with Gasteiger partial charge in [-0.3, -0.25) is 0 Å². The van der Waals surface area contributed by atoms with Gasteiger partial charge in [-0.1, -0.05) is 113 Å². The second-order valence-corrected chi connectivity index (χ2v) is 14.3. The maximum absolute atomic E-state index is 13.2. The first-order valence-corrected chi connectivity index (χ1v) is 18.2. The van der Waals surface area contributed by atoms with Crippen LogP contribution in [0, 0.1) is 10.8 Å². The van der Waals surface area contributed by atoms with E-state index in [1.165, 1.54) is 72.9 Å².